The first-order chi connectivity index (χ1) is 9.70. The molecule has 2 saturated carbocycles. The van der Waals surface area contributed by atoms with Crippen LogP contribution >= 0.6 is 11.8 Å². The van der Waals surface area contributed by atoms with Crippen molar-refractivity contribution < 1.29 is 0 Å². The predicted octanol–water partition coefficient (Wildman–Crippen LogP) is 3.05. The van der Waals surface area contributed by atoms with Crippen LogP contribution in [0.3, 0.4) is 0 Å². The Bertz CT molecular complexity index is 637. The Morgan fingerprint density at radius 3 is 2.55 bits per heavy atom. The molecule has 2 fully saturated rings. The maximum absolute atomic E-state index is 4.49. The van der Waals surface area contributed by atoms with Gasteiger partial charge in [-0.1, -0.05) is 0 Å². The van der Waals surface area contributed by atoms with Gasteiger partial charge in [-0.25, -0.2) is 9.97 Å². The van der Waals surface area contributed by atoms with Crippen LogP contribution in [-0.2, 0) is 0 Å². The van der Waals surface area contributed by atoms with Crippen molar-refractivity contribution in [3.8, 4) is 0 Å². The minimum atomic E-state index is 0.618. The summed E-state index contributed by atoms with van der Waals surface area (Å²) in [5.41, 5.74) is 1.000. The molecule has 0 unspecified atom stereocenters. The molecule has 0 bridgehead atoms. The van der Waals surface area contributed by atoms with E-state index in [1.807, 2.05) is 19.9 Å². The van der Waals surface area contributed by atoms with Gasteiger partial charge < -0.3 is 4.57 Å². The Balaban J connectivity index is 1.68. The fraction of sp³-hybridized carbons (Fsp3) is 0.571. The third-order valence-electron chi connectivity index (χ3n) is 3.68. The van der Waals surface area contributed by atoms with Crippen molar-refractivity contribution in [2.45, 2.75) is 61.7 Å². The third kappa shape index (κ3) is 2.32. The van der Waals surface area contributed by atoms with Gasteiger partial charge in [0.1, 0.15) is 16.7 Å². The summed E-state index contributed by atoms with van der Waals surface area (Å²) in [7, 11) is 0. The average molecular weight is 287 g/mol. The normalized spacial score (nSPS) is 18.5. The quantitative estimate of drug-likeness (QED) is 0.809. The molecule has 2 aromatic rings. The first-order valence-electron chi connectivity index (χ1n) is 7.15. The lowest BCUT2D eigenvalue weighted by molar-refractivity contribution is 0.626. The summed E-state index contributed by atoms with van der Waals surface area (Å²) >= 11 is 1.62. The highest BCUT2D eigenvalue weighted by Gasteiger charge is 2.36. The molecule has 0 spiro atoms. The molecule has 104 valence electrons. The molecule has 5 nitrogen and oxygen atoms in total. The van der Waals surface area contributed by atoms with Gasteiger partial charge in [0.25, 0.3) is 0 Å². The van der Waals surface area contributed by atoms with Gasteiger partial charge in [0.2, 0.25) is 0 Å². The van der Waals surface area contributed by atoms with E-state index in [1.54, 1.807) is 11.8 Å². The van der Waals surface area contributed by atoms with Gasteiger partial charge in [-0.05, 0) is 57.4 Å². The first kappa shape index (κ1) is 12.3. The molecule has 0 amide bonds. The molecule has 0 N–H and O–H groups in total. The summed E-state index contributed by atoms with van der Waals surface area (Å²) in [6.45, 7) is 3.93. The highest BCUT2D eigenvalue weighted by atomic mass is 32.2. The van der Waals surface area contributed by atoms with Crippen molar-refractivity contribution in [3.63, 3.8) is 0 Å². The van der Waals surface area contributed by atoms with Crippen LogP contribution in [0.5, 0.6) is 0 Å². The fourth-order valence-electron chi connectivity index (χ4n) is 2.48. The molecule has 0 aromatic carbocycles. The number of nitrogens with zero attached hydrogens (tertiary/aromatic N) is 5. The standard InChI is InChI=1S/C14H17N5S/c1-8-7-12(16-9(2)15-8)20-14-18-17-13(10-3-4-10)19(14)11-5-6-11/h7,10-11H,3-6H2,1-2H3. The smallest absolute Gasteiger partial charge is 0.197 e. The van der Waals surface area contributed by atoms with Gasteiger partial charge >= 0.3 is 0 Å². The third-order valence-corrected chi connectivity index (χ3v) is 4.56. The molecule has 0 atom stereocenters. The van der Waals surface area contributed by atoms with E-state index in [4.69, 9.17) is 0 Å². The number of rotatable bonds is 4. The van der Waals surface area contributed by atoms with Crippen molar-refractivity contribution >= 4 is 11.8 Å². The highest BCUT2D eigenvalue weighted by molar-refractivity contribution is 7.99. The maximum atomic E-state index is 4.49. The molecule has 0 saturated heterocycles. The zero-order valence-corrected chi connectivity index (χ0v) is 12.5. The topological polar surface area (TPSA) is 56.5 Å². The van der Waals surface area contributed by atoms with Crippen LogP contribution in [0.15, 0.2) is 16.2 Å². The molecule has 4 rings (SSSR count). The molecule has 2 aliphatic carbocycles. The number of aryl methyl sites for hydroxylation is 2. The Hall–Kier alpha value is -1.43. The van der Waals surface area contributed by atoms with Crippen LogP contribution in [-0.4, -0.2) is 24.7 Å². The van der Waals surface area contributed by atoms with Crippen LogP contribution in [0.25, 0.3) is 0 Å². The molecule has 20 heavy (non-hydrogen) atoms. The Morgan fingerprint density at radius 2 is 1.90 bits per heavy atom. The maximum Gasteiger partial charge on any atom is 0.197 e. The monoisotopic (exact) mass is 287 g/mol. The van der Waals surface area contributed by atoms with Crippen LogP contribution < -0.4 is 0 Å². The summed E-state index contributed by atoms with van der Waals surface area (Å²) in [5, 5.41) is 10.8. The molecule has 2 aliphatic rings. The summed E-state index contributed by atoms with van der Waals surface area (Å²) < 4.78 is 2.36. The Kier molecular flexibility index (Phi) is 2.80. The van der Waals surface area contributed by atoms with Gasteiger partial charge in [0, 0.05) is 17.7 Å². The van der Waals surface area contributed by atoms with E-state index in [9.17, 15) is 0 Å². The van der Waals surface area contributed by atoms with E-state index in [2.05, 4.69) is 24.7 Å². The molecule has 0 aliphatic heterocycles. The number of aromatic nitrogens is 5. The van der Waals surface area contributed by atoms with Crippen LogP contribution in [0, 0.1) is 13.8 Å². The van der Waals surface area contributed by atoms with Gasteiger partial charge in [-0.15, -0.1) is 10.2 Å². The van der Waals surface area contributed by atoms with Gasteiger partial charge in [-0.2, -0.15) is 0 Å². The van der Waals surface area contributed by atoms with E-state index in [1.165, 1.54) is 31.5 Å². The number of hydrogen-bond donors (Lipinski definition) is 0. The van der Waals surface area contributed by atoms with E-state index < -0.39 is 0 Å². The lowest BCUT2D eigenvalue weighted by Gasteiger charge is -2.08. The van der Waals surface area contributed by atoms with E-state index in [0.717, 1.165) is 21.7 Å². The van der Waals surface area contributed by atoms with E-state index in [0.29, 0.717) is 12.0 Å². The minimum absolute atomic E-state index is 0.618. The number of hydrogen-bond acceptors (Lipinski definition) is 5. The molecular weight excluding hydrogens is 270 g/mol. The lowest BCUT2D eigenvalue weighted by Crippen LogP contribution is -2.02. The summed E-state index contributed by atoms with van der Waals surface area (Å²) in [6.07, 6.45) is 5.04. The largest absolute Gasteiger partial charge is 0.302 e. The van der Waals surface area contributed by atoms with Gasteiger partial charge in [0.05, 0.1) is 0 Å². The molecule has 2 heterocycles. The SMILES string of the molecule is Cc1cc(Sc2nnc(C3CC3)n2C2CC2)nc(C)n1. The molecule has 2 aromatic heterocycles. The summed E-state index contributed by atoms with van der Waals surface area (Å²) in [6, 6.07) is 2.63. The predicted molar refractivity (Wildman–Crippen MR) is 75.9 cm³/mol. The average Bonchev–Trinajstić information content (AvgIpc) is 3.28. The lowest BCUT2D eigenvalue weighted by atomic mass is 10.4. The van der Waals surface area contributed by atoms with Crippen molar-refractivity contribution in [3.05, 3.63) is 23.4 Å². The first-order valence-corrected chi connectivity index (χ1v) is 7.97. The zero-order chi connectivity index (χ0) is 13.7. The second-order valence-electron chi connectivity index (χ2n) is 5.71. The van der Waals surface area contributed by atoms with Gasteiger partial charge in [0.15, 0.2) is 5.16 Å². The summed E-state index contributed by atoms with van der Waals surface area (Å²) in [4.78, 5) is 8.81. The van der Waals surface area contributed by atoms with Crippen molar-refractivity contribution in [2.24, 2.45) is 0 Å². The molecular formula is C14H17N5S. The fourth-order valence-corrected chi connectivity index (χ4v) is 3.50. The van der Waals surface area contributed by atoms with E-state index in [-0.39, 0.29) is 0 Å². The van der Waals surface area contributed by atoms with Crippen molar-refractivity contribution in [1.29, 1.82) is 0 Å². The van der Waals surface area contributed by atoms with Crippen molar-refractivity contribution in [2.75, 3.05) is 0 Å². The van der Waals surface area contributed by atoms with E-state index >= 15 is 0 Å². The second kappa shape index (κ2) is 4.55. The van der Waals surface area contributed by atoms with Crippen LogP contribution in [0.4, 0.5) is 0 Å². The second-order valence-corrected chi connectivity index (χ2v) is 6.70. The van der Waals surface area contributed by atoms with Crippen LogP contribution in [0.2, 0.25) is 0 Å². The zero-order valence-electron chi connectivity index (χ0n) is 11.7. The summed E-state index contributed by atoms with van der Waals surface area (Å²) in [5.74, 6) is 2.65. The molecule has 6 heteroatoms. The molecule has 0 radical (unpaired) electrons. The highest BCUT2D eigenvalue weighted by Crippen LogP contribution is 2.46. The minimum Gasteiger partial charge on any atom is -0.302 e. The van der Waals surface area contributed by atoms with Crippen LogP contribution in [0.1, 0.15) is 55.0 Å². The Labute approximate surface area is 122 Å². The van der Waals surface area contributed by atoms with Gasteiger partial charge in [-0.3, -0.25) is 0 Å². The van der Waals surface area contributed by atoms with Crippen molar-refractivity contribution in [1.82, 2.24) is 24.7 Å². The Morgan fingerprint density at radius 1 is 1.10 bits per heavy atom.